The fraction of sp³-hybridized carbons (Fsp3) is 0.846. The minimum atomic E-state index is 0.301. The molecule has 0 aromatic carbocycles. The maximum Gasteiger partial charge on any atom is 0.244 e. The summed E-state index contributed by atoms with van der Waals surface area (Å²) in [5.74, 6) is 2.96. The zero-order valence-corrected chi connectivity index (χ0v) is 11.7. The Morgan fingerprint density at radius 3 is 2.61 bits per heavy atom. The number of aromatic amines is 1. The number of rotatable bonds is 4. The van der Waals surface area contributed by atoms with Gasteiger partial charge in [-0.3, -0.25) is 5.10 Å². The standard InChI is InChI=1S/C13H25N5/c1-4-9(2)12-15-13(17-16-12)18-7-5-11(6-8-18)10(3)14/h9-11H,4-8,14H2,1-3H3,(H,15,16,17). The fourth-order valence-corrected chi connectivity index (χ4v) is 2.45. The van der Waals surface area contributed by atoms with E-state index in [1.165, 1.54) is 0 Å². The van der Waals surface area contributed by atoms with Gasteiger partial charge in [-0.25, -0.2) is 0 Å². The minimum Gasteiger partial charge on any atom is -0.340 e. The van der Waals surface area contributed by atoms with Crippen LogP contribution in [0.15, 0.2) is 0 Å². The fourth-order valence-electron chi connectivity index (χ4n) is 2.45. The Kier molecular flexibility index (Phi) is 4.22. The van der Waals surface area contributed by atoms with Crippen molar-refractivity contribution >= 4 is 5.95 Å². The first-order valence-electron chi connectivity index (χ1n) is 7.04. The van der Waals surface area contributed by atoms with Gasteiger partial charge in [0.1, 0.15) is 5.82 Å². The number of aromatic nitrogens is 3. The van der Waals surface area contributed by atoms with E-state index in [1.807, 2.05) is 0 Å². The molecule has 2 rings (SSSR count). The van der Waals surface area contributed by atoms with Gasteiger partial charge in [0.2, 0.25) is 5.95 Å². The van der Waals surface area contributed by atoms with Gasteiger partial charge in [-0.15, -0.1) is 5.10 Å². The Labute approximate surface area is 109 Å². The molecule has 2 unspecified atom stereocenters. The topological polar surface area (TPSA) is 70.8 Å². The number of hydrogen-bond acceptors (Lipinski definition) is 4. The van der Waals surface area contributed by atoms with Crippen LogP contribution >= 0.6 is 0 Å². The first kappa shape index (κ1) is 13.3. The summed E-state index contributed by atoms with van der Waals surface area (Å²) in [6, 6.07) is 0.301. The van der Waals surface area contributed by atoms with Crippen molar-refractivity contribution in [2.24, 2.45) is 11.7 Å². The van der Waals surface area contributed by atoms with Crippen LogP contribution in [-0.4, -0.2) is 34.3 Å². The largest absolute Gasteiger partial charge is 0.340 e. The summed E-state index contributed by atoms with van der Waals surface area (Å²) in [6.45, 7) is 8.48. The van der Waals surface area contributed by atoms with Crippen molar-refractivity contribution in [2.75, 3.05) is 18.0 Å². The predicted octanol–water partition coefficient (Wildman–Crippen LogP) is 1.88. The quantitative estimate of drug-likeness (QED) is 0.857. The first-order chi connectivity index (χ1) is 8.61. The Morgan fingerprint density at radius 1 is 1.39 bits per heavy atom. The van der Waals surface area contributed by atoms with Crippen LogP contribution < -0.4 is 10.6 Å². The van der Waals surface area contributed by atoms with Crippen LogP contribution in [0.25, 0.3) is 0 Å². The van der Waals surface area contributed by atoms with Crippen molar-refractivity contribution in [3.05, 3.63) is 5.82 Å². The average molecular weight is 251 g/mol. The number of nitrogens with two attached hydrogens (primary N) is 1. The second-order valence-electron chi connectivity index (χ2n) is 5.51. The van der Waals surface area contributed by atoms with Gasteiger partial charge < -0.3 is 10.6 Å². The monoisotopic (exact) mass is 251 g/mol. The van der Waals surface area contributed by atoms with E-state index in [0.29, 0.717) is 17.9 Å². The van der Waals surface area contributed by atoms with Crippen molar-refractivity contribution in [2.45, 2.75) is 52.0 Å². The van der Waals surface area contributed by atoms with Gasteiger partial charge in [-0.1, -0.05) is 13.8 Å². The normalized spacial score (nSPS) is 21.0. The van der Waals surface area contributed by atoms with Crippen LogP contribution in [0.3, 0.4) is 0 Å². The molecule has 1 saturated heterocycles. The summed E-state index contributed by atoms with van der Waals surface area (Å²) in [5.41, 5.74) is 5.96. The number of piperidine rings is 1. The summed E-state index contributed by atoms with van der Waals surface area (Å²) >= 11 is 0. The van der Waals surface area contributed by atoms with Crippen LogP contribution in [0, 0.1) is 5.92 Å². The molecule has 0 saturated carbocycles. The number of anilines is 1. The molecule has 0 spiro atoms. The second-order valence-corrected chi connectivity index (χ2v) is 5.51. The Morgan fingerprint density at radius 2 is 2.06 bits per heavy atom. The van der Waals surface area contributed by atoms with Gasteiger partial charge in [-0.05, 0) is 32.1 Å². The number of nitrogens with zero attached hydrogens (tertiary/aromatic N) is 3. The zero-order chi connectivity index (χ0) is 13.1. The third-order valence-electron chi connectivity index (χ3n) is 4.14. The summed E-state index contributed by atoms with van der Waals surface area (Å²) in [4.78, 5) is 6.87. The van der Waals surface area contributed by atoms with E-state index in [4.69, 9.17) is 5.73 Å². The van der Waals surface area contributed by atoms with E-state index >= 15 is 0 Å². The molecule has 18 heavy (non-hydrogen) atoms. The van der Waals surface area contributed by atoms with E-state index in [2.05, 4.69) is 40.9 Å². The molecule has 1 aliphatic rings. The molecule has 0 radical (unpaired) electrons. The third-order valence-corrected chi connectivity index (χ3v) is 4.14. The molecule has 5 nitrogen and oxygen atoms in total. The Balaban J connectivity index is 1.95. The van der Waals surface area contributed by atoms with Crippen molar-refractivity contribution in [3.8, 4) is 0 Å². The van der Waals surface area contributed by atoms with Crippen LogP contribution in [0.5, 0.6) is 0 Å². The SMILES string of the molecule is CCC(C)c1nc(N2CCC(C(C)N)CC2)n[nH]1. The molecule has 1 fully saturated rings. The highest BCUT2D eigenvalue weighted by molar-refractivity contribution is 5.29. The maximum absolute atomic E-state index is 5.96. The van der Waals surface area contributed by atoms with E-state index in [-0.39, 0.29) is 0 Å². The lowest BCUT2D eigenvalue weighted by molar-refractivity contribution is 0.352. The van der Waals surface area contributed by atoms with Gasteiger partial charge in [-0.2, -0.15) is 4.98 Å². The lowest BCUT2D eigenvalue weighted by Crippen LogP contribution is -2.40. The molecule has 2 heterocycles. The van der Waals surface area contributed by atoms with E-state index < -0.39 is 0 Å². The van der Waals surface area contributed by atoms with Crippen molar-refractivity contribution < 1.29 is 0 Å². The van der Waals surface area contributed by atoms with Crippen molar-refractivity contribution in [1.82, 2.24) is 15.2 Å². The van der Waals surface area contributed by atoms with Crippen LogP contribution in [0.2, 0.25) is 0 Å². The highest BCUT2D eigenvalue weighted by Gasteiger charge is 2.24. The highest BCUT2D eigenvalue weighted by atomic mass is 15.4. The number of hydrogen-bond donors (Lipinski definition) is 2. The molecule has 1 aliphatic heterocycles. The maximum atomic E-state index is 5.96. The smallest absolute Gasteiger partial charge is 0.244 e. The molecule has 1 aromatic rings. The van der Waals surface area contributed by atoms with Crippen LogP contribution in [0.4, 0.5) is 5.95 Å². The molecule has 1 aromatic heterocycles. The molecule has 0 aliphatic carbocycles. The van der Waals surface area contributed by atoms with Crippen molar-refractivity contribution in [3.63, 3.8) is 0 Å². The molecule has 102 valence electrons. The second kappa shape index (κ2) is 5.69. The zero-order valence-electron chi connectivity index (χ0n) is 11.7. The van der Waals surface area contributed by atoms with Gasteiger partial charge in [0.05, 0.1) is 0 Å². The first-order valence-corrected chi connectivity index (χ1v) is 7.04. The molecule has 0 bridgehead atoms. The Hall–Kier alpha value is -1.10. The molecule has 5 heteroatoms. The number of H-pyrrole nitrogens is 1. The van der Waals surface area contributed by atoms with Gasteiger partial charge in [0.15, 0.2) is 0 Å². The molecular formula is C13H25N5. The molecule has 0 amide bonds. The van der Waals surface area contributed by atoms with E-state index in [9.17, 15) is 0 Å². The van der Waals surface area contributed by atoms with Gasteiger partial charge in [0.25, 0.3) is 0 Å². The molecule has 3 N–H and O–H groups in total. The van der Waals surface area contributed by atoms with E-state index in [0.717, 1.165) is 44.1 Å². The minimum absolute atomic E-state index is 0.301. The van der Waals surface area contributed by atoms with E-state index in [1.54, 1.807) is 0 Å². The highest BCUT2D eigenvalue weighted by Crippen LogP contribution is 2.23. The van der Waals surface area contributed by atoms with Crippen LogP contribution in [0.1, 0.15) is 51.8 Å². The third kappa shape index (κ3) is 2.83. The molecular weight excluding hydrogens is 226 g/mol. The lowest BCUT2D eigenvalue weighted by Gasteiger charge is -2.32. The average Bonchev–Trinajstić information content (AvgIpc) is 2.87. The summed E-state index contributed by atoms with van der Waals surface area (Å²) in [7, 11) is 0. The Bertz CT molecular complexity index is 365. The van der Waals surface area contributed by atoms with Crippen LogP contribution in [-0.2, 0) is 0 Å². The predicted molar refractivity (Wildman–Crippen MR) is 73.7 cm³/mol. The van der Waals surface area contributed by atoms with Crippen molar-refractivity contribution in [1.29, 1.82) is 0 Å². The van der Waals surface area contributed by atoms with Gasteiger partial charge >= 0.3 is 0 Å². The number of nitrogens with one attached hydrogen (secondary N) is 1. The van der Waals surface area contributed by atoms with Gasteiger partial charge in [0, 0.05) is 25.0 Å². The summed E-state index contributed by atoms with van der Waals surface area (Å²) < 4.78 is 0. The summed E-state index contributed by atoms with van der Waals surface area (Å²) in [5, 5.41) is 7.40. The lowest BCUT2D eigenvalue weighted by atomic mass is 9.91. The molecule has 2 atom stereocenters. The summed E-state index contributed by atoms with van der Waals surface area (Å²) in [6.07, 6.45) is 3.37.